The molecule has 0 bridgehead atoms. The molecule has 7 heteroatoms. The fourth-order valence-electron chi connectivity index (χ4n) is 1.24. The van der Waals surface area contributed by atoms with Crippen molar-refractivity contribution in [1.82, 2.24) is 10.6 Å². The molecule has 6 nitrogen and oxygen atoms in total. The van der Waals surface area contributed by atoms with Crippen molar-refractivity contribution in [2.75, 3.05) is 6.54 Å². The lowest BCUT2D eigenvalue weighted by Gasteiger charge is -2.12. The number of carbonyl (C=O) groups excluding carboxylic acids is 2. The van der Waals surface area contributed by atoms with Crippen LogP contribution >= 0.6 is 11.3 Å². The first-order valence-electron chi connectivity index (χ1n) is 5.38. The lowest BCUT2D eigenvalue weighted by molar-refractivity contribution is -0.141. The van der Waals surface area contributed by atoms with Crippen LogP contribution in [0.2, 0.25) is 0 Å². The summed E-state index contributed by atoms with van der Waals surface area (Å²) in [6, 6.07) is 2.46. The summed E-state index contributed by atoms with van der Waals surface area (Å²) in [6.45, 7) is 1.42. The van der Waals surface area contributed by atoms with Crippen molar-refractivity contribution in [3.63, 3.8) is 0 Å². The number of carboxylic acid groups (broad SMARTS) is 1. The highest BCUT2D eigenvalue weighted by molar-refractivity contribution is 7.12. The third-order valence-electron chi connectivity index (χ3n) is 2.20. The first-order chi connectivity index (χ1) is 8.54. The second-order valence-electron chi connectivity index (χ2n) is 3.53. The Morgan fingerprint density at radius 2 is 2.17 bits per heavy atom. The molecule has 1 atom stereocenters. The normalized spacial score (nSPS) is 11.6. The summed E-state index contributed by atoms with van der Waals surface area (Å²) < 4.78 is 0. The molecule has 3 N–H and O–H groups in total. The zero-order chi connectivity index (χ0) is 13.5. The van der Waals surface area contributed by atoms with Crippen LogP contribution in [0.3, 0.4) is 0 Å². The van der Waals surface area contributed by atoms with Gasteiger partial charge in [0.05, 0.1) is 11.4 Å². The first-order valence-corrected chi connectivity index (χ1v) is 6.26. The molecule has 98 valence electrons. The average Bonchev–Trinajstić information content (AvgIpc) is 2.86. The zero-order valence-electron chi connectivity index (χ0n) is 9.80. The number of hydrogen-bond donors (Lipinski definition) is 3. The number of carboxylic acids is 1. The van der Waals surface area contributed by atoms with Crippen molar-refractivity contribution in [1.29, 1.82) is 0 Å². The van der Waals surface area contributed by atoms with Gasteiger partial charge < -0.3 is 15.7 Å². The van der Waals surface area contributed by atoms with Gasteiger partial charge in [-0.05, 0) is 17.9 Å². The van der Waals surface area contributed by atoms with Gasteiger partial charge in [-0.2, -0.15) is 0 Å². The Bertz CT molecular complexity index is 430. The van der Waals surface area contributed by atoms with Crippen LogP contribution in [0.15, 0.2) is 17.5 Å². The van der Waals surface area contributed by atoms with Crippen molar-refractivity contribution in [2.24, 2.45) is 0 Å². The lowest BCUT2D eigenvalue weighted by atomic mass is 10.2. The second kappa shape index (κ2) is 6.75. The van der Waals surface area contributed by atoms with Gasteiger partial charge in [0.1, 0.15) is 6.04 Å². The SMILES string of the molecule is CC[C@@H](NC(=O)CNC(=O)c1cccs1)C(=O)O. The summed E-state index contributed by atoms with van der Waals surface area (Å²) in [4.78, 5) is 34.1. The second-order valence-corrected chi connectivity index (χ2v) is 4.47. The molecule has 0 saturated carbocycles. The Morgan fingerprint density at radius 1 is 1.44 bits per heavy atom. The van der Waals surface area contributed by atoms with Crippen LogP contribution in [0, 0.1) is 0 Å². The average molecular weight is 270 g/mol. The third kappa shape index (κ3) is 4.17. The fraction of sp³-hybridized carbons (Fsp3) is 0.364. The molecule has 0 aromatic carbocycles. The zero-order valence-corrected chi connectivity index (χ0v) is 10.6. The smallest absolute Gasteiger partial charge is 0.326 e. The standard InChI is InChI=1S/C11H14N2O4S/c1-2-7(11(16)17)13-9(14)6-12-10(15)8-4-3-5-18-8/h3-5,7H,2,6H2,1H3,(H,12,15)(H,13,14)(H,16,17)/t7-/m1/s1. The molecule has 18 heavy (non-hydrogen) atoms. The number of carbonyl (C=O) groups is 3. The van der Waals surface area contributed by atoms with E-state index in [0.717, 1.165) is 0 Å². The van der Waals surface area contributed by atoms with E-state index < -0.39 is 17.9 Å². The molecule has 0 fully saturated rings. The fourth-order valence-corrected chi connectivity index (χ4v) is 1.88. The number of rotatable bonds is 6. The number of nitrogens with one attached hydrogen (secondary N) is 2. The van der Waals surface area contributed by atoms with Gasteiger partial charge >= 0.3 is 5.97 Å². The van der Waals surface area contributed by atoms with Gasteiger partial charge in [-0.1, -0.05) is 13.0 Å². The quantitative estimate of drug-likeness (QED) is 0.699. The van der Waals surface area contributed by atoms with Crippen molar-refractivity contribution in [2.45, 2.75) is 19.4 Å². The van der Waals surface area contributed by atoms with Gasteiger partial charge in [0.2, 0.25) is 5.91 Å². The van der Waals surface area contributed by atoms with E-state index in [2.05, 4.69) is 10.6 Å². The van der Waals surface area contributed by atoms with Gasteiger partial charge in [0.25, 0.3) is 5.91 Å². The van der Waals surface area contributed by atoms with E-state index in [1.165, 1.54) is 11.3 Å². The molecular formula is C11H14N2O4S. The van der Waals surface area contributed by atoms with Crippen LogP contribution < -0.4 is 10.6 Å². The molecule has 1 heterocycles. The van der Waals surface area contributed by atoms with Crippen molar-refractivity contribution >= 4 is 29.1 Å². The Labute approximate surface area is 108 Å². The minimum absolute atomic E-state index is 0.236. The highest BCUT2D eigenvalue weighted by atomic mass is 32.1. The maximum Gasteiger partial charge on any atom is 0.326 e. The van der Waals surface area contributed by atoms with Crippen molar-refractivity contribution in [3.05, 3.63) is 22.4 Å². The molecular weight excluding hydrogens is 256 g/mol. The predicted molar refractivity (Wildman–Crippen MR) is 66.5 cm³/mol. The molecule has 0 radical (unpaired) electrons. The minimum Gasteiger partial charge on any atom is -0.480 e. The third-order valence-corrected chi connectivity index (χ3v) is 3.06. The molecule has 0 aliphatic carbocycles. The summed E-state index contributed by atoms with van der Waals surface area (Å²) in [5.74, 6) is -1.95. The Morgan fingerprint density at radius 3 is 2.67 bits per heavy atom. The van der Waals surface area contributed by atoms with Crippen LogP contribution in [-0.4, -0.2) is 35.5 Å². The van der Waals surface area contributed by atoms with Crippen molar-refractivity contribution in [3.8, 4) is 0 Å². The molecule has 0 saturated heterocycles. The molecule has 0 aliphatic rings. The summed E-state index contributed by atoms with van der Waals surface area (Å²) in [7, 11) is 0. The topological polar surface area (TPSA) is 95.5 Å². The Kier molecular flexibility index (Phi) is 5.31. The first kappa shape index (κ1) is 14.2. The Hall–Kier alpha value is -1.89. The molecule has 0 unspecified atom stereocenters. The van der Waals surface area contributed by atoms with Gasteiger partial charge in [0, 0.05) is 0 Å². The maximum absolute atomic E-state index is 11.5. The van der Waals surface area contributed by atoms with Gasteiger partial charge in [-0.3, -0.25) is 9.59 Å². The molecule has 1 rings (SSSR count). The van der Waals surface area contributed by atoms with Crippen LogP contribution in [0.4, 0.5) is 0 Å². The molecule has 1 aromatic rings. The highest BCUT2D eigenvalue weighted by Gasteiger charge is 2.17. The minimum atomic E-state index is -1.09. The summed E-state index contributed by atoms with van der Waals surface area (Å²) in [5, 5.41) is 15.2. The number of amides is 2. The largest absolute Gasteiger partial charge is 0.480 e. The lowest BCUT2D eigenvalue weighted by Crippen LogP contribution is -2.45. The van der Waals surface area contributed by atoms with E-state index in [-0.39, 0.29) is 12.5 Å². The monoisotopic (exact) mass is 270 g/mol. The van der Waals surface area contributed by atoms with Crippen LogP contribution in [0.5, 0.6) is 0 Å². The predicted octanol–water partition coefficient (Wildman–Crippen LogP) is 0.457. The maximum atomic E-state index is 11.5. The summed E-state index contributed by atoms with van der Waals surface area (Å²) >= 11 is 1.27. The summed E-state index contributed by atoms with van der Waals surface area (Å²) in [5.41, 5.74) is 0. The molecule has 2 amide bonds. The van der Waals surface area contributed by atoms with Gasteiger partial charge in [-0.15, -0.1) is 11.3 Å². The van der Waals surface area contributed by atoms with Gasteiger partial charge in [0.15, 0.2) is 0 Å². The number of hydrogen-bond acceptors (Lipinski definition) is 4. The molecule has 0 spiro atoms. The summed E-state index contributed by atoms with van der Waals surface area (Å²) in [6.07, 6.45) is 0.292. The van der Waals surface area contributed by atoms with E-state index in [1.807, 2.05) is 0 Å². The molecule has 1 aromatic heterocycles. The highest BCUT2D eigenvalue weighted by Crippen LogP contribution is 2.07. The van der Waals surface area contributed by atoms with Crippen molar-refractivity contribution < 1.29 is 19.5 Å². The number of thiophene rings is 1. The Balaban J connectivity index is 2.37. The van der Waals surface area contributed by atoms with E-state index in [1.54, 1.807) is 24.4 Å². The van der Waals surface area contributed by atoms with E-state index in [9.17, 15) is 14.4 Å². The van der Waals surface area contributed by atoms with Crippen LogP contribution in [-0.2, 0) is 9.59 Å². The molecule has 0 aliphatic heterocycles. The van der Waals surface area contributed by atoms with E-state index in [4.69, 9.17) is 5.11 Å². The number of aliphatic carboxylic acids is 1. The van der Waals surface area contributed by atoms with Gasteiger partial charge in [-0.25, -0.2) is 4.79 Å². The van der Waals surface area contributed by atoms with E-state index >= 15 is 0 Å². The van der Waals surface area contributed by atoms with E-state index in [0.29, 0.717) is 11.3 Å². The van der Waals surface area contributed by atoms with Crippen LogP contribution in [0.1, 0.15) is 23.0 Å². The van der Waals surface area contributed by atoms with Crippen LogP contribution in [0.25, 0.3) is 0 Å².